The van der Waals surface area contributed by atoms with Crippen LogP contribution in [-0.2, 0) is 14.8 Å². The van der Waals surface area contributed by atoms with Crippen LogP contribution in [0.25, 0.3) is 0 Å². The van der Waals surface area contributed by atoms with Gasteiger partial charge in [0.15, 0.2) is 0 Å². The van der Waals surface area contributed by atoms with Gasteiger partial charge in [-0.05, 0) is 24.3 Å². The number of rotatable bonds is 3. The summed E-state index contributed by atoms with van der Waals surface area (Å²) in [5.41, 5.74) is 0.886. The van der Waals surface area contributed by atoms with Gasteiger partial charge in [0.25, 0.3) is 0 Å². The SMILES string of the molecule is NS(=O)(=O)c1ccc(N2CCN(C(=O)[C@H]3C[C@H](F)CN3)CC2)cc1. The number of amides is 1. The van der Waals surface area contributed by atoms with E-state index < -0.39 is 22.2 Å². The molecule has 2 fully saturated rings. The highest BCUT2D eigenvalue weighted by molar-refractivity contribution is 7.89. The molecule has 24 heavy (non-hydrogen) atoms. The van der Waals surface area contributed by atoms with E-state index in [-0.39, 0.29) is 23.8 Å². The van der Waals surface area contributed by atoms with E-state index in [1.54, 1.807) is 17.0 Å². The molecule has 2 aliphatic heterocycles. The lowest BCUT2D eigenvalue weighted by atomic mass is 10.1. The third kappa shape index (κ3) is 3.68. The fourth-order valence-electron chi connectivity index (χ4n) is 3.13. The molecule has 3 N–H and O–H groups in total. The summed E-state index contributed by atoms with van der Waals surface area (Å²) in [4.78, 5) is 16.3. The highest BCUT2D eigenvalue weighted by Gasteiger charge is 2.33. The number of carbonyl (C=O) groups is 1. The lowest BCUT2D eigenvalue weighted by molar-refractivity contribution is -0.133. The summed E-state index contributed by atoms with van der Waals surface area (Å²) >= 11 is 0. The molecular weight excluding hydrogens is 335 g/mol. The van der Waals surface area contributed by atoms with Crippen LogP contribution in [0, 0.1) is 0 Å². The van der Waals surface area contributed by atoms with Gasteiger partial charge in [-0.15, -0.1) is 0 Å². The Labute approximate surface area is 140 Å². The molecule has 3 rings (SSSR count). The first-order valence-electron chi connectivity index (χ1n) is 7.88. The second-order valence-electron chi connectivity index (χ2n) is 6.15. The Morgan fingerprint density at radius 1 is 1.17 bits per heavy atom. The molecule has 9 heteroatoms. The van der Waals surface area contributed by atoms with Crippen molar-refractivity contribution in [3.8, 4) is 0 Å². The maximum atomic E-state index is 13.2. The summed E-state index contributed by atoms with van der Waals surface area (Å²) in [5.74, 6) is -0.0422. The van der Waals surface area contributed by atoms with Crippen LogP contribution in [0.15, 0.2) is 29.2 Å². The van der Waals surface area contributed by atoms with Crippen LogP contribution in [-0.4, -0.2) is 64.2 Å². The number of carbonyl (C=O) groups excluding carboxylic acids is 1. The number of hydrogen-bond donors (Lipinski definition) is 2. The largest absolute Gasteiger partial charge is 0.368 e. The Morgan fingerprint density at radius 2 is 1.79 bits per heavy atom. The Kier molecular flexibility index (Phi) is 4.75. The van der Waals surface area contributed by atoms with Crippen LogP contribution in [0.4, 0.5) is 10.1 Å². The lowest BCUT2D eigenvalue weighted by Crippen LogP contribution is -2.53. The standard InChI is InChI=1S/C15H21FN4O3S/c16-11-9-14(18-10-11)15(21)20-7-5-19(6-8-20)12-1-3-13(4-2-12)24(17,22)23/h1-4,11,14,18H,5-10H2,(H2,17,22,23)/t11-,14+/m0/s1. The number of piperazine rings is 1. The van der Waals surface area contributed by atoms with Crippen molar-refractivity contribution in [2.75, 3.05) is 37.6 Å². The molecule has 1 amide bonds. The van der Waals surface area contributed by atoms with Gasteiger partial charge in [0, 0.05) is 44.8 Å². The summed E-state index contributed by atoms with van der Waals surface area (Å²) in [6.45, 7) is 2.65. The first-order chi connectivity index (χ1) is 11.3. The quantitative estimate of drug-likeness (QED) is 0.774. The van der Waals surface area contributed by atoms with Crippen LogP contribution >= 0.6 is 0 Å². The highest BCUT2D eigenvalue weighted by Crippen LogP contribution is 2.20. The van der Waals surface area contributed by atoms with Crippen molar-refractivity contribution in [1.29, 1.82) is 0 Å². The molecular formula is C15H21FN4O3S. The van der Waals surface area contributed by atoms with Gasteiger partial charge in [0.1, 0.15) is 6.17 Å². The summed E-state index contributed by atoms with van der Waals surface area (Å²) in [5, 5.41) is 8.01. The molecule has 2 heterocycles. The smallest absolute Gasteiger partial charge is 0.239 e. The van der Waals surface area contributed by atoms with Crippen LogP contribution in [0.2, 0.25) is 0 Å². The Morgan fingerprint density at radius 3 is 2.29 bits per heavy atom. The molecule has 7 nitrogen and oxygen atoms in total. The van der Waals surface area contributed by atoms with Gasteiger partial charge in [-0.3, -0.25) is 4.79 Å². The number of primary sulfonamides is 1. The van der Waals surface area contributed by atoms with Gasteiger partial charge in [-0.2, -0.15) is 0 Å². The first-order valence-corrected chi connectivity index (χ1v) is 9.43. The van der Waals surface area contributed by atoms with E-state index in [2.05, 4.69) is 10.2 Å². The van der Waals surface area contributed by atoms with Crippen molar-refractivity contribution in [1.82, 2.24) is 10.2 Å². The number of benzene rings is 1. The van der Waals surface area contributed by atoms with E-state index in [9.17, 15) is 17.6 Å². The molecule has 2 atom stereocenters. The second kappa shape index (κ2) is 6.66. The Bertz CT molecular complexity index is 702. The van der Waals surface area contributed by atoms with Crippen molar-refractivity contribution in [2.45, 2.75) is 23.5 Å². The van der Waals surface area contributed by atoms with Crippen molar-refractivity contribution < 1.29 is 17.6 Å². The van der Waals surface area contributed by atoms with E-state index in [0.717, 1.165) is 5.69 Å². The number of nitrogens with two attached hydrogens (primary N) is 1. The first kappa shape index (κ1) is 17.1. The zero-order valence-electron chi connectivity index (χ0n) is 13.2. The summed E-state index contributed by atoms with van der Waals surface area (Å²) in [6, 6.07) is 5.96. The van der Waals surface area contributed by atoms with E-state index in [4.69, 9.17) is 5.14 Å². The summed E-state index contributed by atoms with van der Waals surface area (Å²) < 4.78 is 35.8. The number of alkyl halides is 1. The van der Waals surface area contributed by atoms with Crippen LogP contribution in [0.1, 0.15) is 6.42 Å². The molecule has 2 saturated heterocycles. The van der Waals surface area contributed by atoms with Gasteiger partial charge in [0.05, 0.1) is 10.9 Å². The van der Waals surface area contributed by atoms with Crippen LogP contribution in [0.3, 0.4) is 0 Å². The fourth-order valence-corrected chi connectivity index (χ4v) is 3.65. The third-order valence-corrected chi connectivity index (χ3v) is 5.43. The summed E-state index contributed by atoms with van der Waals surface area (Å²) in [7, 11) is -3.69. The van der Waals surface area contributed by atoms with Crippen molar-refractivity contribution >= 4 is 21.6 Å². The van der Waals surface area contributed by atoms with Crippen LogP contribution < -0.4 is 15.4 Å². The third-order valence-electron chi connectivity index (χ3n) is 4.50. The van der Waals surface area contributed by atoms with Gasteiger partial charge < -0.3 is 15.1 Å². The Hall–Kier alpha value is -1.71. The van der Waals surface area contributed by atoms with Crippen molar-refractivity contribution in [3.63, 3.8) is 0 Å². The number of hydrogen-bond acceptors (Lipinski definition) is 5. The van der Waals surface area contributed by atoms with E-state index in [1.807, 2.05) is 0 Å². The topological polar surface area (TPSA) is 95.7 Å². The molecule has 1 aromatic carbocycles. The molecule has 1 aromatic rings. The number of sulfonamides is 1. The van der Waals surface area contributed by atoms with Gasteiger partial charge >= 0.3 is 0 Å². The minimum atomic E-state index is -3.69. The average Bonchev–Trinajstić information content (AvgIpc) is 3.00. The van der Waals surface area contributed by atoms with Crippen molar-refractivity contribution in [3.05, 3.63) is 24.3 Å². The van der Waals surface area contributed by atoms with Crippen molar-refractivity contribution in [2.24, 2.45) is 5.14 Å². The second-order valence-corrected chi connectivity index (χ2v) is 7.71. The number of anilines is 1. The maximum absolute atomic E-state index is 13.2. The highest BCUT2D eigenvalue weighted by atomic mass is 32.2. The number of nitrogens with zero attached hydrogens (tertiary/aromatic N) is 2. The zero-order valence-corrected chi connectivity index (χ0v) is 14.0. The molecule has 0 unspecified atom stereocenters. The monoisotopic (exact) mass is 356 g/mol. The molecule has 0 radical (unpaired) electrons. The molecule has 2 aliphatic rings. The van der Waals surface area contributed by atoms with Crippen LogP contribution in [0.5, 0.6) is 0 Å². The fraction of sp³-hybridized carbons (Fsp3) is 0.533. The van der Waals surface area contributed by atoms with Gasteiger partial charge in [-0.25, -0.2) is 17.9 Å². The van der Waals surface area contributed by atoms with Gasteiger partial charge in [-0.1, -0.05) is 0 Å². The van der Waals surface area contributed by atoms with E-state index in [1.165, 1.54) is 12.1 Å². The average molecular weight is 356 g/mol. The predicted octanol–water partition coefficient (Wildman–Crippen LogP) is -0.317. The lowest BCUT2D eigenvalue weighted by Gasteiger charge is -2.37. The molecule has 0 bridgehead atoms. The van der Waals surface area contributed by atoms with Gasteiger partial charge in [0.2, 0.25) is 15.9 Å². The Balaban J connectivity index is 1.58. The molecule has 0 saturated carbocycles. The molecule has 0 aliphatic carbocycles. The molecule has 0 spiro atoms. The maximum Gasteiger partial charge on any atom is 0.239 e. The normalized spacial score (nSPS) is 25.1. The van der Waals surface area contributed by atoms with E-state index >= 15 is 0 Å². The molecule has 132 valence electrons. The minimum Gasteiger partial charge on any atom is -0.368 e. The number of nitrogens with one attached hydrogen (secondary N) is 1. The number of halogens is 1. The summed E-state index contributed by atoms with van der Waals surface area (Å²) in [6.07, 6.45) is -0.703. The predicted molar refractivity (Wildman–Crippen MR) is 87.9 cm³/mol. The minimum absolute atomic E-state index is 0.0422. The van der Waals surface area contributed by atoms with E-state index in [0.29, 0.717) is 26.2 Å². The zero-order chi connectivity index (χ0) is 17.3. The molecule has 0 aromatic heterocycles.